The van der Waals surface area contributed by atoms with Crippen LogP contribution >= 0.6 is 40.2 Å². The van der Waals surface area contributed by atoms with Gasteiger partial charge in [0.2, 0.25) is 0 Å². The highest BCUT2D eigenvalue weighted by atomic mass is 79.9. The molecule has 48 valence electrons. The first-order valence-corrected chi connectivity index (χ1v) is 3.96. The van der Waals surface area contributed by atoms with Gasteiger partial charge in [-0.05, 0) is 34.1 Å². The quantitative estimate of drug-likeness (QED) is 0.641. The molecule has 3 heteroatoms. The fourth-order valence-corrected chi connectivity index (χ4v) is 1.19. The maximum absolute atomic E-state index is 5.65. The summed E-state index contributed by atoms with van der Waals surface area (Å²) in [6.07, 6.45) is 0. The molecule has 0 radical (unpaired) electrons. The molecule has 1 aromatic carbocycles. The first-order chi connectivity index (χ1) is 4.20. The molecule has 0 aliphatic heterocycles. The average Bonchev–Trinajstić information content (AvgIpc) is 1.80. The van der Waals surface area contributed by atoms with E-state index >= 15 is 0 Å². The molecule has 0 nitrogen and oxygen atoms in total. The third-order valence-corrected chi connectivity index (χ3v) is 2.51. The molecule has 0 aromatic heterocycles. The number of hydrogen-bond acceptors (Lipinski definition) is 1. The number of hydrogen-bond donors (Lipinski definition) is 1. The van der Waals surface area contributed by atoms with Crippen LogP contribution in [0, 0.1) is 0 Å². The molecule has 1 aromatic rings. The Labute approximate surface area is 72.8 Å². The van der Waals surface area contributed by atoms with Gasteiger partial charge in [-0.3, -0.25) is 0 Å². The molecule has 0 aliphatic carbocycles. The van der Waals surface area contributed by atoms with Gasteiger partial charge in [0.1, 0.15) is 0 Å². The van der Waals surface area contributed by atoms with Gasteiger partial charge in [-0.25, -0.2) is 0 Å². The van der Waals surface area contributed by atoms with Crippen molar-refractivity contribution < 1.29 is 0 Å². The van der Waals surface area contributed by atoms with Gasteiger partial charge >= 0.3 is 0 Å². The molecule has 0 atom stereocenters. The molecule has 0 unspecified atom stereocenters. The first kappa shape index (κ1) is 7.45. The van der Waals surface area contributed by atoms with E-state index in [0.29, 0.717) is 5.02 Å². The van der Waals surface area contributed by atoms with Crippen LogP contribution < -0.4 is 0 Å². The van der Waals surface area contributed by atoms with E-state index in [1.54, 1.807) is 6.07 Å². The summed E-state index contributed by atoms with van der Waals surface area (Å²) in [5, 5.41) is 0.711. The Morgan fingerprint density at radius 2 is 2.11 bits per heavy atom. The van der Waals surface area contributed by atoms with Crippen LogP contribution in [-0.2, 0) is 0 Å². The first-order valence-electron chi connectivity index (χ1n) is 2.34. The van der Waals surface area contributed by atoms with Crippen LogP contribution in [0.2, 0.25) is 5.02 Å². The van der Waals surface area contributed by atoms with E-state index in [1.165, 1.54) is 0 Å². The van der Waals surface area contributed by atoms with Gasteiger partial charge in [0.25, 0.3) is 0 Å². The highest BCUT2D eigenvalue weighted by Gasteiger charge is 1.93. The zero-order valence-corrected chi connectivity index (χ0v) is 7.67. The normalized spacial score (nSPS) is 9.67. The van der Waals surface area contributed by atoms with E-state index in [1.807, 2.05) is 12.1 Å². The van der Waals surface area contributed by atoms with Gasteiger partial charge in [-0.1, -0.05) is 11.6 Å². The van der Waals surface area contributed by atoms with Crippen molar-refractivity contribution in [2.24, 2.45) is 0 Å². The second kappa shape index (κ2) is 2.95. The number of rotatable bonds is 0. The summed E-state index contributed by atoms with van der Waals surface area (Å²) in [6, 6.07) is 5.46. The Morgan fingerprint density at radius 3 is 2.56 bits per heavy atom. The lowest BCUT2D eigenvalue weighted by Gasteiger charge is -1.94. The molecule has 0 saturated carbocycles. The zero-order valence-electron chi connectivity index (χ0n) is 4.44. The SMILES string of the molecule is Sc1cc(Cl)ccc1Br. The topological polar surface area (TPSA) is 0 Å². The van der Waals surface area contributed by atoms with E-state index in [0.717, 1.165) is 9.37 Å². The van der Waals surface area contributed by atoms with E-state index in [4.69, 9.17) is 11.6 Å². The number of halogens is 2. The molecule has 0 N–H and O–H groups in total. The zero-order chi connectivity index (χ0) is 6.85. The van der Waals surface area contributed by atoms with Crippen molar-refractivity contribution in [2.75, 3.05) is 0 Å². The van der Waals surface area contributed by atoms with Gasteiger partial charge in [0.05, 0.1) is 0 Å². The van der Waals surface area contributed by atoms with Gasteiger partial charge in [-0.2, -0.15) is 0 Å². The lowest BCUT2D eigenvalue weighted by molar-refractivity contribution is 1.42. The van der Waals surface area contributed by atoms with E-state index in [2.05, 4.69) is 28.6 Å². The highest BCUT2D eigenvalue weighted by molar-refractivity contribution is 9.10. The Kier molecular flexibility index (Phi) is 2.44. The Balaban J connectivity index is 3.17. The summed E-state index contributed by atoms with van der Waals surface area (Å²) in [6.45, 7) is 0. The minimum Gasteiger partial charge on any atom is -0.142 e. The van der Waals surface area contributed by atoms with Gasteiger partial charge in [0.15, 0.2) is 0 Å². The fourth-order valence-electron chi connectivity index (χ4n) is 0.486. The molecule has 0 aliphatic rings. The standard InChI is InChI=1S/C6H4BrClS/c7-5-2-1-4(8)3-6(5)9/h1-3,9H. The molecule has 1 rings (SSSR count). The molecule has 0 amide bonds. The van der Waals surface area contributed by atoms with Gasteiger partial charge in [-0.15, -0.1) is 12.6 Å². The summed E-state index contributed by atoms with van der Waals surface area (Å²) in [5.74, 6) is 0. The summed E-state index contributed by atoms with van der Waals surface area (Å²) in [7, 11) is 0. The van der Waals surface area contributed by atoms with E-state index in [9.17, 15) is 0 Å². The molecular weight excluding hydrogens is 219 g/mol. The Hall–Kier alpha value is 0.340. The monoisotopic (exact) mass is 222 g/mol. The fraction of sp³-hybridized carbons (Fsp3) is 0. The van der Waals surface area contributed by atoms with Crippen molar-refractivity contribution in [3.05, 3.63) is 27.7 Å². The van der Waals surface area contributed by atoms with Crippen LogP contribution in [0.1, 0.15) is 0 Å². The highest BCUT2D eigenvalue weighted by Crippen LogP contribution is 2.23. The lowest BCUT2D eigenvalue weighted by atomic mass is 10.4. The molecular formula is C6H4BrClS. The van der Waals surface area contributed by atoms with Gasteiger partial charge < -0.3 is 0 Å². The van der Waals surface area contributed by atoms with E-state index in [-0.39, 0.29) is 0 Å². The minimum absolute atomic E-state index is 0.711. The number of thiol groups is 1. The average molecular weight is 224 g/mol. The summed E-state index contributed by atoms with van der Waals surface area (Å²) in [4.78, 5) is 0.863. The Bertz CT molecular complexity index is 224. The maximum atomic E-state index is 5.65. The summed E-state index contributed by atoms with van der Waals surface area (Å²) >= 11 is 13.1. The predicted molar refractivity (Wildman–Crippen MR) is 46.4 cm³/mol. The third kappa shape index (κ3) is 1.88. The maximum Gasteiger partial charge on any atom is 0.0417 e. The minimum atomic E-state index is 0.711. The molecule has 9 heavy (non-hydrogen) atoms. The molecule has 0 bridgehead atoms. The van der Waals surface area contributed by atoms with Crippen molar-refractivity contribution in [1.82, 2.24) is 0 Å². The van der Waals surface area contributed by atoms with Crippen LogP contribution in [0.3, 0.4) is 0 Å². The van der Waals surface area contributed by atoms with Crippen molar-refractivity contribution in [3.8, 4) is 0 Å². The van der Waals surface area contributed by atoms with Crippen LogP contribution in [0.5, 0.6) is 0 Å². The largest absolute Gasteiger partial charge is 0.142 e. The van der Waals surface area contributed by atoms with Crippen LogP contribution in [0.25, 0.3) is 0 Å². The van der Waals surface area contributed by atoms with Crippen molar-refractivity contribution in [2.45, 2.75) is 4.90 Å². The van der Waals surface area contributed by atoms with Crippen LogP contribution in [0.15, 0.2) is 27.6 Å². The lowest BCUT2D eigenvalue weighted by Crippen LogP contribution is -1.68. The predicted octanol–water partition coefficient (Wildman–Crippen LogP) is 3.39. The van der Waals surface area contributed by atoms with Crippen LogP contribution in [0.4, 0.5) is 0 Å². The molecule has 0 spiro atoms. The Morgan fingerprint density at radius 1 is 1.44 bits per heavy atom. The third-order valence-electron chi connectivity index (χ3n) is 0.908. The second-order valence-corrected chi connectivity index (χ2v) is 3.37. The molecule has 0 saturated heterocycles. The summed E-state index contributed by atoms with van der Waals surface area (Å²) in [5.41, 5.74) is 0. The van der Waals surface area contributed by atoms with Gasteiger partial charge in [0, 0.05) is 14.4 Å². The second-order valence-electron chi connectivity index (χ2n) is 1.60. The number of benzene rings is 1. The molecule has 0 heterocycles. The van der Waals surface area contributed by atoms with E-state index < -0.39 is 0 Å². The van der Waals surface area contributed by atoms with Crippen molar-refractivity contribution >= 4 is 40.2 Å². The molecule has 0 fully saturated rings. The summed E-state index contributed by atoms with van der Waals surface area (Å²) < 4.78 is 0.968. The van der Waals surface area contributed by atoms with Crippen LogP contribution in [-0.4, -0.2) is 0 Å². The van der Waals surface area contributed by atoms with Crippen molar-refractivity contribution in [1.29, 1.82) is 0 Å². The smallest absolute Gasteiger partial charge is 0.0417 e. The van der Waals surface area contributed by atoms with Crippen molar-refractivity contribution in [3.63, 3.8) is 0 Å².